The number of nitrogens with one attached hydrogen (secondary N) is 1. The van der Waals surface area contributed by atoms with Gasteiger partial charge in [-0.2, -0.15) is 0 Å². The molecule has 1 N–H and O–H groups in total. The van der Waals surface area contributed by atoms with Crippen molar-refractivity contribution in [3.8, 4) is 0 Å². The van der Waals surface area contributed by atoms with Gasteiger partial charge in [-0.25, -0.2) is 9.78 Å². The predicted octanol–water partition coefficient (Wildman–Crippen LogP) is 7.03. The van der Waals surface area contributed by atoms with Crippen molar-refractivity contribution in [1.29, 1.82) is 0 Å². The first-order valence-corrected chi connectivity index (χ1v) is 13.3. The highest BCUT2D eigenvalue weighted by Crippen LogP contribution is 2.67. The van der Waals surface area contributed by atoms with Crippen molar-refractivity contribution in [2.24, 2.45) is 5.92 Å². The van der Waals surface area contributed by atoms with Gasteiger partial charge in [0.25, 0.3) is 0 Å². The average molecular weight is 515 g/mol. The molecule has 6 heteroatoms. The molecule has 0 radical (unpaired) electrons. The fourth-order valence-corrected chi connectivity index (χ4v) is 7.19. The van der Waals surface area contributed by atoms with Gasteiger partial charge >= 0.3 is 6.09 Å². The zero-order valence-corrected chi connectivity index (χ0v) is 21.9. The van der Waals surface area contributed by atoms with Crippen molar-refractivity contribution < 1.29 is 9.53 Å². The number of hydrogen-bond acceptors (Lipinski definition) is 3. The fraction of sp³-hybridized carbons (Fsp3) is 0.630. The molecule has 3 unspecified atom stereocenters. The van der Waals surface area contributed by atoms with Crippen molar-refractivity contribution in [3.05, 3.63) is 52.0 Å². The first kappa shape index (κ1) is 22.9. The van der Waals surface area contributed by atoms with Crippen LogP contribution in [0.1, 0.15) is 95.8 Å². The second-order valence-electron chi connectivity index (χ2n) is 11.3. The lowest BCUT2D eigenvalue weighted by molar-refractivity contribution is 0.0218. The van der Waals surface area contributed by atoms with Gasteiger partial charge in [0.1, 0.15) is 11.4 Å². The number of likely N-dealkylation sites (tertiary alicyclic amines) is 1. The van der Waals surface area contributed by atoms with Crippen LogP contribution in [0.3, 0.4) is 0 Å². The topological polar surface area (TPSA) is 58.2 Å². The minimum atomic E-state index is -0.489. The largest absolute Gasteiger partial charge is 0.444 e. The summed E-state index contributed by atoms with van der Waals surface area (Å²) in [5.74, 6) is 1.56. The van der Waals surface area contributed by atoms with E-state index in [4.69, 9.17) is 9.72 Å². The van der Waals surface area contributed by atoms with Crippen molar-refractivity contribution in [3.63, 3.8) is 0 Å². The lowest BCUT2D eigenvalue weighted by atomic mass is 9.53. The number of amides is 1. The molecule has 33 heavy (non-hydrogen) atoms. The summed E-state index contributed by atoms with van der Waals surface area (Å²) < 4.78 is 6.81. The Hall–Kier alpha value is -1.82. The Bertz CT molecular complexity index is 1030. The molecular weight excluding hydrogens is 478 g/mol. The standard InChI is InChI=1S/C27H36BrN3O2/c1-5-26(18-8-10-19(28)11-9-18)14-15-27(13-12-21(26)27)22-17-29-23(30-22)20-7-6-16-31(20)24(32)33-25(2,3)4/h8-11,17,20-21H,5-7,12-16H2,1-4H3,(H,29,30)/t20-,21?,26?,27?/m0/s1. The minimum absolute atomic E-state index is 0.0210. The van der Waals surface area contributed by atoms with Crippen LogP contribution in [0.2, 0.25) is 0 Å². The van der Waals surface area contributed by atoms with Gasteiger partial charge in [-0.3, -0.25) is 4.90 Å². The molecule has 2 aromatic rings. The van der Waals surface area contributed by atoms with E-state index in [0.717, 1.165) is 36.1 Å². The molecule has 1 saturated heterocycles. The summed E-state index contributed by atoms with van der Waals surface area (Å²) in [5.41, 5.74) is 2.68. The number of carbonyl (C=O) groups is 1. The number of ether oxygens (including phenoxy) is 1. The Morgan fingerprint density at radius 1 is 1.21 bits per heavy atom. The van der Waals surface area contributed by atoms with E-state index < -0.39 is 5.60 Å². The van der Waals surface area contributed by atoms with Gasteiger partial charge in [0, 0.05) is 28.3 Å². The van der Waals surface area contributed by atoms with Crippen LogP contribution in [-0.2, 0) is 15.6 Å². The Labute approximate surface area is 205 Å². The van der Waals surface area contributed by atoms with Gasteiger partial charge in [-0.05, 0) is 94.7 Å². The second-order valence-corrected chi connectivity index (χ2v) is 12.2. The van der Waals surface area contributed by atoms with E-state index in [-0.39, 0.29) is 23.0 Å². The first-order chi connectivity index (χ1) is 15.7. The Morgan fingerprint density at radius 3 is 2.61 bits per heavy atom. The molecule has 4 atom stereocenters. The molecule has 2 saturated carbocycles. The summed E-state index contributed by atoms with van der Waals surface area (Å²) in [6.07, 6.45) is 9.82. The summed E-state index contributed by atoms with van der Waals surface area (Å²) >= 11 is 3.60. The van der Waals surface area contributed by atoms with E-state index in [1.165, 1.54) is 36.9 Å². The van der Waals surface area contributed by atoms with Gasteiger partial charge in [0.2, 0.25) is 0 Å². The van der Waals surface area contributed by atoms with Gasteiger partial charge < -0.3 is 9.72 Å². The molecule has 5 nitrogen and oxygen atoms in total. The summed E-state index contributed by atoms with van der Waals surface area (Å²) in [6.45, 7) is 8.84. The smallest absolute Gasteiger partial charge is 0.410 e. The van der Waals surface area contributed by atoms with Crippen LogP contribution < -0.4 is 0 Å². The van der Waals surface area contributed by atoms with E-state index in [1.807, 2.05) is 25.7 Å². The predicted molar refractivity (Wildman–Crippen MR) is 133 cm³/mol. The van der Waals surface area contributed by atoms with Crippen LogP contribution in [0.5, 0.6) is 0 Å². The maximum Gasteiger partial charge on any atom is 0.410 e. The van der Waals surface area contributed by atoms with Gasteiger partial charge in [-0.1, -0.05) is 35.0 Å². The molecule has 3 fully saturated rings. The summed E-state index contributed by atoms with van der Waals surface area (Å²) in [5, 5.41) is 0. The fourth-order valence-electron chi connectivity index (χ4n) is 6.92. The van der Waals surface area contributed by atoms with Crippen molar-refractivity contribution >= 4 is 22.0 Å². The zero-order valence-electron chi connectivity index (χ0n) is 20.3. The summed E-state index contributed by atoms with van der Waals surface area (Å²) in [7, 11) is 0. The quantitative estimate of drug-likeness (QED) is 0.477. The Kier molecular flexibility index (Phi) is 5.66. The highest BCUT2D eigenvalue weighted by Gasteiger charge is 2.62. The van der Waals surface area contributed by atoms with E-state index in [9.17, 15) is 4.79 Å². The van der Waals surface area contributed by atoms with E-state index in [2.05, 4.69) is 58.3 Å². The van der Waals surface area contributed by atoms with Crippen LogP contribution in [0.25, 0.3) is 0 Å². The first-order valence-electron chi connectivity index (χ1n) is 12.5. The highest BCUT2D eigenvalue weighted by atomic mass is 79.9. The normalized spacial score (nSPS) is 31.4. The lowest BCUT2D eigenvalue weighted by Gasteiger charge is -2.51. The molecule has 178 valence electrons. The maximum atomic E-state index is 12.8. The van der Waals surface area contributed by atoms with Gasteiger partial charge in [0.05, 0.1) is 6.04 Å². The molecule has 2 aliphatic carbocycles. The number of aromatic nitrogens is 2. The third-order valence-corrected chi connectivity index (χ3v) is 9.14. The van der Waals surface area contributed by atoms with Crippen molar-refractivity contribution in [1.82, 2.24) is 14.9 Å². The highest BCUT2D eigenvalue weighted by molar-refractivity contribution is 9.10. The number of benzene rings is 1. The van der Waals surface area contributed by atoms with Crippen LogP contribution >= 0.6 is 15.9 Å². The number of nitrogens with zero attached hydrogens (tertiary/aromatic N) is 2. The molecule has 2 heterocycles. The SMILES string of the molecule is CCC1(c2ccc(Br)cc2)CCC2(c3cnc([C@@H]4CCCN4C(=O)OC(C)(C)C)[nH]3)CCC12. The van der Waals surface area contributed by atoms with Gasteiger partial charge in [-0.15, -0.1) is 0 Å². The Morgan fingerprint density at radius 2 is 1.97 bits per heavy atom. The number of carbonyl (C=O) groups excluding carboxylic acids is 1. The van der Waals surface area contributed by atoms with Crippen LogP contribution in [0, 0.1) is 5.92 Å². The molecule has 1 aromatic carbocycles. The third-order valence-electron chi connectivity index (χ3n) is 8.61. The van der Waals surface area contributed by atoms with Gasteiger partial charge in [0.15, 0.2) is 0 Å². The van der Waals surface area contributed by atoms with Crippen molar-refractivity contribution in [2.45, 2.75) is 95.1 Å². The Balaban J connectivity index is 1.40. The minimum Gasteiger partial charge on any atom is -0.444 e. The number of halogens is 1. The lowest BCUT2D eigenvalue weighted by Crippen LogP contribution is -2.48. The molecule has 5 rings (SSSR count). The van der Waals surface area contributed by atoms with E-state index in [0.29, 0.717) is 5.92 Å². The molecule has 1 aromatic heterocycles. The number of rotatable bonds is 4. The molecule has 3 aliphatic rings. The monoisotopic (exact) mass is 513 g/mol. The van der Waals surface area contributed by atoms with Crippen LogP contribution in [-0.4, -0.2) is 33.1 Å². The number of fused-ring (bicyclic) bond motifs is 1. The molecular formula is C27H36BrN3O2. The average Bonchev–Trinajstić information content (AvgIpc) is 3.45. The van der Waals surface area contributed by atoms with Crippen LogP contribution in [0.15, 0.2) is 34.9 Å². The molecule has 1 aliphatic heterocycles. The summed E-state index contributed by atoms with van der Waals surface area (Å²) in [6, 6.07) is 8.98. The maximum absolute atomic E-state index is 12.8. The van der Waals surface area contributed by atoms with Crippen LogP contribution in [0.4, 0.5) is 4.79 Å². The van der Waals surface area contributed by atoms with Crippen molar-refractivity contribution in [2.75, 3.05) is 6.54 Å². The number of aromatic amines is 1. The molecule has 0 spiro atoms. The molecule has 0 bridgehead atoms. The number of H-pyrrole nitrogens is 1. The number of hydrogen-bond donors (Lipinski definition) is 1. The third kappa shape index (κ3) is 3.73. The second kappa shape index (κ2) is 8.14. The number of imidazole rings is 1. The zero-order chi connectivity index (χ0) is 23.4. The van der Waals surface area contributed by atoms with E-state index in [1.54, 1.807) is 0 Å². The molecule has 1 amide bonds. The van der Waals surface area contributed by atoms with E-state index >= 15 is 0 Å². The summed E-state index contributed by atoms with van der Waals surface area (Å²) in [4.78, 5) is 23.2.